The Labute approximate surface area is 135 Å². The van der Waals surface area contributed by atoms with Crippen LogP contribution < -0.4 is 0 Å². The monoisotopic (exact) mass is 309 g/mol. The largest absolute Gasteiger partial charge is 0.380 e. The van der Waals surface area contributed by atoms with Crippen molar-refractivity contribution in [2.45, 2.75) is 12.0 Å². The van der Waals surface area contributed by atoms with Gasteiger partial charge in [0.15, 0.2) is 0 Å². The van der Waals surface area contributed by atoms with Crippen LogP contribution in [0.15, 0.2) is 79.1 Å². The lowest BCUT2D eigenvalue weighted by molar-refractivity contribution is 0.0810. The zero-order chi connectivity index (χ0) is 15.4. The van der Waals surface area contributed by atoms with Crippen LogP contribution in [0.25, 0.3) is 0 Å². The maximum atomic E-state index is 11.4. The van der Waals surface area contributed by atoms with E-state index in [1.165, 1.54) is 0 Å². The second kappa shape index (κ2) is 6.30. The van der Waals surface area contributed by atoms with Crippen LogP contribution in [0.5, 0.6) is 0 Å². The molecule has 0 saturated carbocycles. The molecule has 0 saturated heterocycles. The minimum atomic E-state index is -1.10. The maximum absolute atomic E-state index is 11.4. The van der Waals surface area contributed by atoms with Gasteiger partial charge in [0, 0.05) is 23.8 Å². The number of hydrogen-bond donors (Lipinski definition) is 1. The van der Waals surface area contributed by atoms with Gasteiger partial charge in [0.1, 0.15) is 5.60 Å². The second-order valence-corrected chi connectivity index (χ2v) is 5.70. The smallest absolute Gasteiger partial charge is 0.119 e. The molecule has 22 heavy (non-hydrogen) atoms. The fourth-order valence-corrected chi connectivity index (χ4v) is 2.74. The third-order valence-corrected chi connectivity index (χ3v) is 4.03. The fourth-order valence-electron chi connectivity index (χ4n) is 2.61. The van der Waals surface area contributed by atoms with Crippen molar-refractivity contribution in [1.82, 2.24) is 4.98 Å². The topological polar surface area (TPSA) is 33.1 Å². The van der Waals surface area contributed by atoms with Crippen LogP contribution in [0, 0.1) is 0 Å². The van der Waals surface area contributed by atoms with E-state index in [0.29, 0.717) is 11.4 Å². The van der Waals surface area contributed by atoms with Crippen molar-refractivity contribution in [3.8, 4) is 0 Å². The molecule has 0 unspecified atom stereocenters. The SMILES string of the molecule is O[C@](Cc1ccc(Cl)cc1)(c1ccccc1)c1ccncc1. The van der Waals surface area contributed by atoms with Crippen LogP contribution in [0.3, 0.4) is 0 Å². The molecule has 0 fully saturated rings. The van der Waals surface area contributed by atoms with E-state index >= 15 is 0 Å². The number of pyridine rings is 1. The van der Waals surface area contributed by atoms with Gasteiger partial charge in [0.2, 0.25) is 0 Å². The number of rotatable bonds is 4. The van der Waals surface area contributed by atoms with Gasteiger partial charge >= 0.3 is 0 Å². The molecule has 0 aliphatic rings. The van der Waals surface area contributed by atoms with Crippen molar-refractivity contribution < 1.29 is 5.11 Å². The number of aromatic nitrogens is 1. The van der Waals surface area contributed by atoms with E-state index in [1.807, 2.05) is 66.7 Å². The Morgan fingerprint density at radius 2 is 1.41 bits per heavy atom. The molecule has 3 rings (SSSR count). The van der Waals surface area contributed by atoms with Gasteiger partial charge in [-0.3, -0.25) is 4.98 Å². The van der Waals surface area contributed by atoms with Gasteiger partial charge < -0.3 is 5.11 Å². The lowest BCUT2D eigenvalue weighted by Crippen LogP contribution is -2.30. The van der Waals surface area contributed by atoms with Crippen LogP contribution in [-0.2, 0) is 12.0 Å². The highest BCUT2D eigenvalue weighted by atomic mass is 35.5. The molecule has 0 amide bonds. The molecule has 0 bridgehead atoms. The Bertz CT molecular complexity index is 687. The van der Waals surface area contributed by atoms with E-state index in [-0.39, 0.29) is 0 Å². The first-order valence-electron chi connectivity index (χ1n) is 7.11. The summed E-state index contributed by atoms with van der Waals surface area (Å²) in [7, 11) is 0. The Kier molecular flexibility index (Phi) is 4.23. The summed E-state index contributed by atoms with van der Waals surface area (Å²) in [4.78, 5) is 4.04. The summed E-state index contributed by atoms with van der Waals surface area (Å²) in [5, 5.41) is 12.1. The number of nitrogens with zero attached hydrogens (tertiary/aromatic N) is 1. The van der Waals surface area contributed by atoms with Gasteiger partial charge in [-0.25, -0.2) is 0 Å². The van der Waals surface area contributed by atoms with E-state index in [4.69, 9.17) is 11.6 Å². The first-order chi connectivity index (χ1) is 10.7. The van der Waals surface area contributed by atoms with Gasteiger partial charge in [0.25, 0.3) is 0 Å². The van der Waals surface area contributed by atoms with Crippen molar-refractivity contribution in [3.05, 3.63) is 101 Å². The minimum Gasteiger partial charge on any atom is -0.380 e. The van der Waals surface area contributed by atoms with E-state index in [1.54, 1.807) is 12.4 Å². The third-order valence-electron chi connectivity index (χ3n) is 3.78. The van der Waals surface area contributed by atoms with Crippen LogP contribution in [0.1, 0.15) is 16.7 Å². The Balaban J connectivity index is 2.05. The molecule has 2 nitrogen and oxygen atoms in total. The molecule has 1 heterocycles. The molecule has 0 aliphatic carbocycles. The summed E-state index contributed by atoms with van der Waals surface area (Å²) in [5.74, 6) is 0. The summed E-state index contributed by atoms with van der Waals surface area (Å²) in [6, 6.07) is 21.0. The average molecular weight is 310 g/mol. The average Bonchev–Trinajstić information content (AvgIpc) is 2.58. The van der Waals surface area contributed by atoms with Crippen molar-refractivity contribution in [2.75, 3.05) is 0 Å². The molecule has 3 heteroatoms. The van der Waals surface area contributed by atoms with E-state index in [9.17, 15) is 5.11 Å². The van der Waals surface area contributed by atoms with Crippen LogP contribution in [-0.4, -0.2) is 10.1 Å². The number of hydrogen-bond acceptors (Lipinski definition) is 2. The Morgan fingerprint density at radius 1 is 0.818 bits per heavy atom. The number of aliphatic hydroxyl groups is 1. The first kappa shape index (κ1) is 14.8. The zero-order valence-corrected chi connectivity index (χ0v) is 12.7. The molecule has 0 spiro atoms. The van der Waals surface area contributed by atoms with Crippen LogP contribution in [0.2, 0.25) is 5.02 Å². The Hall–Kier alpha value is -2.16. The first-order valence-corrected chi connectivity index (χ1v) is 7.49. The molecule has 1 atom stereocenters. The van der Waals surface area contributed by atoms with Crippen molar-refractivity contribution in [2.24, 2.45) is 0 Å². The molecule has 2 aromatic carbocycles. The minimum absolute atomic E-state index is 0.470. The predicted molar refractivity (Wildman–Crippen MR) is 88.8 cm³/mol. The third kappa shape index (κ3) is 3.03. The number of benzene rings is 2. The van der Waals surface area contributed by atoms with Gasteiger partial charge in [-0.05, 0) is 41.0 Å². The molecule has 0 aliphatic heterocycles. The fraction of sp³-hybridized carbons (Fsp3) is 0.105. The van der Waals surface area contributed by atoms with Crippen LogP contribution in [0.4, 0.5) is 0 Å². The summed E-state index contributed by atoms with van der Waals surface area (Å²) in [6.45, 7) is 0. The highest BCUT2D eigenvalue weighted by Crippen LogP contribution is 2.33. The molecule has 110 valence electrons. The highest BCUT2D eigenvalue weighted by molar-refractivity contribution is 6.30. The Morgan fingerprint density at radius 3 is 2.05 bits per heavy atom. The summed E-state index contributed by atoms with van der Waals surface area (Å²) >= 11 is 5.95. The number of halogens is 1. The predicted octanol–water partition coefficient (Wildman–Crippen LogP) is 4.21. The van der Waals surface area contributed by atoms with Crippen molar-refractivity contribution in [3.63, 3.8) is 0 Å². The van der Waals surface area contributed by atoms with Gasteiger partial charge in [-0.1, -0.05) is 54.1 Å². The van der Waals surface area contributed by atoms with Gasteiger partial charge in [-0.15, -0.1) is 0 Å². The van der Waals surface area contributed by atoms with Crippen molar-refractivity contribution >= 4 is 11.6 Å². The molecule has 3 aromatic rings. The van der Waals surface area contributed by atoms with E-state index < -0.39 is 5.60 Å². The molecule has 1 aromatic heterocycles. The maximum Gasteiger partial charge on any atom is 0.119 e. The van der Waals surface area contributed by atoms with Gasteiger partial charge in [-0.2, -0.15) is 0 Å². The van der Waals surface area contributed by atoms with E-state index in [2.05, 4.69) is 4.98 Å². The lowest BCUT2D eigenvalue weighted by atomic mass is 9.82. The zero-order valence-electron chi connectivity index (χ0n) is 12.0. The highest BCUT2D eigenvalue weighted by Gasteiger charge is 2.31. The summed E-state index contributed by atoms with van der Waals surface area (Å²) in [5.41, 5.74) is 1.60. The molecule has 1 N–H and O–H groups in total. The van der Waals surface area contributed by atoms with Crippen molar-refractivity contribution in [1.29, 1.82) is 0 Å². The quantitative estimate of drug-likeness (QED) is 0.783. The summed E-state index contributed by atoms with van der Waals surface area (Å²) < 4.78 is 0. The lowest BCUT2D eigenvalue weighted by Gasteiger charge is -2.29. The van der Waals surface area contributed by atoms with Gasteiger partial charge in [0.05, 0.1) is 0 Å². The molecule has 0 radical (unpaired) electrons. The molecular formula is C19H16ClNO. The summed E-state index contributed by atoms with van der Waals surface area (Å²) in [6.07, 6.45) is 3.87. The van der Waals surface area contributed by atoms with E-state index in [0.717, 1.165) is 16.7 Å². The molecular weight excluding hydrogens is 294 g/mol. The standard InChI is InChI=1S/C19H16ClNO/c20-18-8-6-15(7-9-18)14-19(22,16-4-2-1-3-5-16)17-10-12-21-13-11-17/h1-13,22H,14H2/t19-/m1/s1. The normalized spacial score (nSPS) is 13.5. The van der Waals surface area contributed by atoms with Crippen LogP contribution >= 0.6 is 11.6 Å². The second-order valence-electron chi connectivity index (χ2n) is 5.27.